The molecule has 0 bridgehead atoms. The van der Waals surface area contributed by atoms with Crippen LogP contribution in [0.3, 0.4) is 0 Å². The second-order valence-corrected chi connectivity index (χ2v) is 5.54. The van der Waals surface area contributed by atoms with Gasteiger partial charge in [0.05, 0.1) is 27.4 Å². The molecule has 0 aliphatic rings. The van der Waals surface area contributed by atoms with Crippen molar-refractivity contribution in [2.24, 2.45) is 0 Å². The molecule has 0 fully saturated rings. The highest BCUT2D eigenvalue weighted by molar-refractivity contribution is 9.08. The predicted octanol–water partition coefficient (Wildman–Crippen LogP) is 5.15. The first kappa shape index (κ1) is 13.5. The number of nitrogens with zero attached hydrogens (tertiary/aromatic N) is 2. The van der Waals surface area contributed by atoms with Crippen molar-refractivity contribution >= 4 is 38.6 Å². The van der Waals surface area contributed by atoms with Crippen LogP contribution in [-0.4, -0.2) is 9.97 Å². The molecule has 0 saturated carbocycles. The van der Waals surface area contributed by atoms with Crippen LogP contribution in [0.4, 0.5) is 0 Å². The van der Waals surface area contributed by atoms with E-state index in [9.17, 15) is 0 Å². The largest absolute Gasteiger partial charge is 0.248 e. The molecule has 3 rings (SSSR count). The molecule has 0 spiro atoms. The monoisotopic (exact) mass is 346 g/mol. The molecule has 4 heteroatoms. The number of rotatable bonds is 2. The highest BCUT2D eigenvalue weighted by atomic mass is 79.9. The first-order valence-corrected chi connectivity index (χ1v) is 7.78. The summed E-state index contributed by atoms with van der Waals surface area (Å²) in [6, 6.07) is 13.8. The first-order chi connectivity index (χ1) is 9.70. The maximum absolute atomic E-state index is 6.30. The van der Waals surface area contributed by atoms with Crippen LogP contribution in [0.15, 0.2) is 42.5 Å². The summed E-state index contributed by atoms with van der Waals surface area (Å²) in [4.78, 5) is 9.50. The number of fused-ring (bicyclic) bond motifs is 1. The number of aromatic nitrogens is 2. The van der Waals surface area contributed by atoms with Crippen LogP contribution in [0, 0.1) is 6.92 Å². The van der Waals surface area contributed by atoms with Gasteiger partial charge in [0, 0.05) is 10.9 Å². The van der Waals surface area contributed by atoms with Crippen LogP contribution < -0.4 is 0 Å². The molecule has 2 nitrogen and oxygen atoms in total. The van der Waals surface area contributed by atoms with Crippen molar-refractivity contribution in [2.75, 3.05) is 0 Å². The van der Waals surface area contributed by atoms with Crippen molar-refractivity contribution < 1.29 is 0 Å². The average Bonchev–Trinajstić information content (AvgIpc) is 2.47. The lowest BCUT2D eigenvalue weighted by Crippen LogP contribution is -1.98. The summed E-state index contributed by atoms with van der Waals surface area (Å²) in [5.41, 5.74) is 5.61. The maximum atomic E-state index is 6.30. The molecule has 0 aliphatic carbocycles. The van der Waals surface area contributed by atoms with Gasteiger partial charge in [-0.05, 0) is 24.6 Å². The number of halogens is 2. The Balaban J connectivity index is 2.34. The Kier molecular flexibility index (Phi) is 3.72. The fourth-order valence-electron chi connectivity index (χ4n) is 2.22. The fourth-order valence-corrected chi connectivity index (χ4v) is 2.83. The maximum Gasteiger partial charge on any atom is 0.0948 e. The normalized spacial score (nSPS) is 10.9. The molecule has 1 heterocycles. The zero-order valence-corrected chi connectivity index (χ0v) is 13.2. The van der Waals surface area contributed by atoms with Crippen molar-refractivity contribution in [1.82, 2.24) is 9.97 Å². The van der Waals surface area contributed by atoms with Gasteiger partial charge in [-0.2, -0.15) is 0 Å². The molecule has 0 aliphatic heterocycles. The van der Waals surface area contributed by atoms with Gasteiger partial charge in [0.25, 0.3) is 0 Å². The topological polar surface area (TPSA) is 25.8 Å². The lowest BCUT2D eigenvalue weighted by Gasteiger charge is -2.10. The Morgan fingerprint density at radius 3 is 2.60 bits per heavy atom. The first-order valence-electron chi connectivity index (χ1n) is 6.28. The van der Waals surface area contributed by atoms with Crippen LogP contribution in [0.1, 0.15) is 11.3 Å². The third-order valence-corrected chi connectivity index (χ3v) is 4.09. The summed E-state index contributed by atoms with van der Waals surface area (Å²) < 4.78 is 0. The fraction of sp³-hybridized carbons (Fsp3) is 0.125. The van der Waals surface area contributed by atoms with Gasteiger partial charge >= 0.3 is 0 Å². The number of hydrogen-bond acceptors (Lipinski definition) is 2. The number of alkyl halides is 1. The van der Waals surface area contributed by atoms with E-state index in [0.717, 1.165) is 33.5 Å². The number of benzene rings is 2. The lowest BCUT2D eigenvalue weighted by atomic mass is 10.1. The van der Waals surface area contributed by atoms with E-state index < -0.39 is 0 Å². The Bertz CT molecular complexity index is 787. The number of hydrogen-bond donors (Lipinski definition) is 0. The molecule has 0 atom stereocenters. The van der Waals surface area contributed by atoms with Gasteiger partial charge < -0.3 is 0 Å². The third-order valence-electron chi connectivity index (χ3n) is 3.22. The molecular formula is C16H12BrClN2. The van der Waals surface area contributed by atoms with E-state index in [1.807, 2.05) is 49.4 Å². The quantitative estimate of drug-likeness (QED) is 0.599. The van der Waals surface area contributed by atoms with Crippen molar-refractivity contribution in [3.8, 4) is 11.3 Å². The summed E-state index contributed by atoms with van der Waals surface area (Å²) in [6.45, 7) is 2.04. The molecule has 0 radical (unpaired) electrons. The second-order valence-electron chi connectivity index (χ2n) is 4.58. The average molecular weight is 348 g/mol. The molecule has 20 heavy (non-hydrogen) atoms. The minimum absolute atomic E-state index is 0.643. The van der Waals surface area contributed by atoms with E-state index in [1.54, 1.807) is 0 Å². The van der Waals surface area contributed by atoms with E-state index in [4.69, 9.17) is 21.6 Å². The Labute approximate surface area is 131 Å². The lowest BCUT2D eigenvalue weighted by molar-refractivity contribution is 1.17. The predicted molar refractivity (Wildman–Crippen MR) is 87.4 cm³/mol. The van der Waals surface area contributed by atoms with E-state index >= 15 is 0 Å². The zero-order valence-electron chi connectivity index (χ0n) is 10.9. The molecular weight excluding hydrogens is 336 g/mol. The summed E-state index contributed by atoms with van der Waals surface area (Å²) in [6.07, 6.45) is 0. The van der Waals surface area contributed by atoms with Gasteiger partial charge in [0.1, 0.15) is 0 Å². The van der Waals surface area contributed by atoms with Crippen LogP contribution in [0.25, 0.3) is 22.3 Å². The molecule has 0 N–H and O–H groups in total. The third kappa shape index (κ3) is 2.32. The Morgan fingerprint density at radius 2 is 1.85 bits per heavy atom. The minimum atomic E-state index is 0.643. The van der Waals surface area contributed by atoms with Gasteiger partial charge in [-0.1, -0.05) is 57.9 Å². The summed E-state index contributed by atoms with van der Waals surface area (Å²) >= 11 is 9.78. The minimum Gasteiger partial charge on any atom is -0.248 e. The highest BCUT2D eigenvalue weighted by Crippen LogP contribution is 2.31. The zero-order chi connectivity index (χ0) is 14.1. The summed E-state index contributed by atoms with van der Waals surface area (Å²) in [5, 5.41) is 1.33. The van der Waals surface area contributed by atoms with Crippen molar-refractivity contribution in [2.45, 2.75) is 12.3 Å². The highest BCUT2D eigenvalue weighted by Gasteiger charge is 2.13. The smallest absolute Gasteiger partial charge is 0.0948 e. The van der Waals surface area contributed by atoms with Crippen LogP contribution in [-0.2, 0) is 5.33 Å². The van der Waals surface area contributed by atoms with Gasteiger partial charge in [-0.25, -0.2) is 9.97 Å². The molecule has 3 aromatic rings. The molecule has 2 aromatic carbocycles. The van der Waals surface area contributed by atoms with Gasteiger partial charge in [-0.15, -0.1) is 0 Å². The summed E-state index contributed by atoms with van der Waals surface area (Å²) in [7, 11) is 0. The molecule has 100 valence electrons. The van der Waals surface area contributed by atoms with Crippen LogP contribution in [0.5, 0.6) is 0 Å². The number of para-hydroxylation sites is 1. The van der Waals surface area contributed by atoms with Crippen molar-refractivity contribution in [3.05, 3.63) is 58.7 Å². The second kappa shape index (κ2) is 5.51. The van der Waals surface area contributed by atoms with Crippen molar-refractivity contribution in [3.63, 3.8) is 0 Å². The Morgan fingerprint density at radius 1 is 1.05 bits per heavy atom. The SMILES string of the molecule is Cc1cccc2nc(CBr)c(-c3ccccc3Cl)nc12. The van der Waals surface area contributed by atoms with E-state index in [2.05, 4.69) is 15.9 Å². The molecule has 0 saturated heterocycles. The van der Waals surface area contributed by atoms with Crippen LogP contribution in [0.2, 0.25) is 5.02 Å². The molecule has 0 unspecified atom stereocenters. The van der Waals surface area contributed by atoms with E-state index in [-0.39, 0.29) is 0 Å². The van der Waals surface area contributed by atoms with E-state index in [1.165, 1.54) is 0 Å². The van der Waals surface area contributed by atoms with E-state index in [0.29, 0.717) is 10.4 Å². The van der Waals surface area contributed by atoms with Crippen molar-refractivity contribution in [1.29, 1.82) is 0 Å². The standard InChI is InChI=1S/C16H12BrClN2/c1-10-5-4-8-13-15(10)20-16(14(9-17)19-13)11-6-2-3-7-12(11)18/h2-8H,9H2,1H3. The molecule has 0 amide bonds. The summed E-state index contributed by atoms with van der Waals surface area (Å²) in [5.74, 6) is 0. The number of aryl methyl sites for hydroxylation is 1. The molecule has 1 aromatic heterocycles. The van der Waals surface area contributed by atoms with Crippen LogP contribution >= 0.6 is 27.5 Å². The van der Waals surface area contributed by atoms with Gasteiger partial charge in [-0.3, -0.25) is 0 Å². The van der Waals surface area contributed by atoms with Gasteiger partial charge in [0.2, 0.25) is 0 Å². The van der Waals surface area contributed by atoms with Gasteiger partial charge in [0.15, 0.2) is 0 Å². The Hall–Kier alpha value is -1.45.